The predicted molar refractivity (Wildman–Crippen MR) is 88.9 cm³/mol. The summed E-state index contributed by atoms with van der Waals surface area (Å²) < 4.78 is 69.7. The van der Waals surface area contributed by atoms with E-state index in [4.69, 9.17) is 0 Å². The quantitative estimate of drug-likeness (QED) is 0.602. The number of allylic oxidation sites excluding steroid dienone is 2. The SMILES string of the molecule is CCCc1cc(F)c(C2=CCc3cc(OC(F)(F)F)ccc3C2)c(F)c1. The number of aryl methyl sites for hydroxylation is 1. The van der Waals surface area contributed by atoms with Gasteiger partial charge in [-0.2, -0.15) is 0 Å². The Bertz CT molecular complexity index is 829. The van der Waals surface area contributed by atoms with Crippen LogP contribution in [0.1, 0.15) is 35.6 Å². The summed E-state index contributed by atoms with van der Waals surface area (Å²) in [4.78, 5) is 0. The minimum Gasteiger partial charge on any atom is -0.406 e. The molecule has 0 fully saturated rings. The zero-order valence-corrected chi connectivity index (χ0v) is 14.1. The van der Waals surface area contributed by atoms with Gasteiger partial charge in [0.15, 0.2) is 0 Å². The van der Waals surface area contributed by atoms with E-state index in [2.05, 4.69) is 4.74 Å². The number of benzene rings is 2. The van der Waals surface area contributed by atoms with E-state index >= 15 is 0 Å². The molecule has 2 aromatic rings. The van der Waals surface area contributed by atoms with Crippen LogP contribution in [-0.4, -0.2) is 6.36 Å². The summed E-state index contributed by atoms with van der Waals surface area (Å²) >= 11 is 0. The molecule has 1 aliphatic rings. The van der Waals surface area contributed by atoms with E-state index in [1.165, 1.54) is 30.3 Å². The normalized spacial score (nSPS) is 14.0. The minimum atomic E-state index is -4.75. The minimum absolute atomic E-state index is 0.0638. The molecule has 0 radical (unpaired) electrons. The molecule has 0 bridgehead atoms. The van der Waals surface area contributed by atoms with Gasteiger partial charge in [0.1, 0.15) is 17.4 Å². The standard InChI is InChI=1S/C20H17F5O/c1-2-3-12-8-17(21)19(18(22)9-12)15-5-4-14-11-16(26-20(23,24)25)7-6-13(14)10-15/h5-9,11H,2-4,10H2,1H3. The molecule has 2 aromatic carbocycles. The van der Waals surface area contributed by atoms with E-state index in [1.54, 1.807) is 6.08 Å². The number of ether oxygens (including phenoxy) is 1. The Morgan fingerprint density at radius 3 is 2.31 bits per heavy atom. The molecule has 0 unspecified atom stereocenters. The molecule has 0 amide bonds. The van der Waals surface area contributed by atoms with Crippen molar-refractivity contribution in [3.8, 4) is 5.75 Å². The molecule has 0 aromatic heterocycles. The van der Waals surface area contributed by atoms with Crippen LogP contribution in [0.4, 0.5) is 22.0 Å². The van der Waals surface area contributed by atoms with Gasteiger partial charge in [-0.05, 0) is 65.8 Å². The highest BCUT2D eigenvalue weighted by molar-refractivity contribution is 5.71. The van der Waals surface area contributed by atoms with Crippen LogP contribution in [0.2, 0.25) is 0 Å². The van der Waals surface area contributed by atoms with Gasteiger partial charge in [-0.25, -0.2) is 8.78 Å². The molecule has 3 rings (SSSR count). The lowest BCUT2D eigenvalue weighted by atomic mass is 9.87. The molecule has 0 saturated heterocycles. The third-order valence-electron chi connectivity index (χ3n) is 4.32. The maximum absolute atomic E-state index is 14.4. The van der Waals surface area contributed by atoms with Gasteiger partial charge in [-0.1, -0.05) is 25.5 Å². The largest absolute Gasteiger partial charge is 0.573 e. The Kier molecular flexibility index (Phi) is 5.03. The van der Waals surface area contributed by atoms with Crippen molar-refractivity contribution in [1.29, 1.82) is 0 Å². The molecule has 0 aliphatic heterocycles. The smallest absolute Gasteiger partial charge is 0.406 e. The van der Waals surface area contributed by atoms with Crippen molar-refractivity contribution in [2.45, 2.75) is 39.0 Å². The van der Waals surface area contributed by atoms with E-state index in [0.29, 0.717) is 23.1 Å². The summed E-state index contributed by atoms with van der Waals surface area (Å²) in [5.74, 6) is -1.52. The highest BCUT2D eigenvalue weighted by Gasteiger charge is 2.31. The number of fused-ring (bicyclic) bond motifs is 1. The lowest BCUT2D eigenvalue weighted by Crippen LogP contribution is -2.17. The van der Waals surface area contributed by atoms with Crippen LogP contribution in [0.15, 0.2) is 36.4 Å². The summed E-state index contributed by atoms with van der Waals surface area (Å²) in [6, 6.07) is 6.72. The molecule has 0 heterocycles. The highest BCUT2D eigenvalue weighted by atomic mass is 19.4. The third-order valence-corrected chi connectivity index (χ3v) is 4.32. The van der Waals surface area contributed by atoms with E-state index in [1.807, 2.05) is 6.92 Å². The Hall–Kier alpha value is -2.37. The Morgan fingerprint density at radius 1 is 1.00 bits per heavy atom. The molecule has 6 heteroatoms. The zero-order valence-electron chi connectivity index (χ0n) is 14.1. The van der Waals surface area contributed by atoms with Gasteiger partial charge in [0.25, 0.3) is 0 Å². The van der Waals surface area contributed by atoms with Crippen LogP contribution in [0.5, 0.6) is 5.75 Å². The van der Waals surface area contributed by atoms with Crippen molar-refractivity contribution in [2.24, 2.45) is 0 Å². The second-order valence-corrected chi connectivity index (χ2v) is 6.27. The summed E-state index contributed by atoms with van der Waals surface area (Å²) in [5.41, 5.74) is 2.43. The van der Waals surface area contributed by atoms with Crippen molar-refractivity contribution in [1.82, 2.24) is 0 Å². The van der Waals surface area contributed by atoms with Crippen LogP contribution in [-0.2, 0) is 19.3 Å². The first kappa shape index (κ1) is 18.4. The molecule has 1 nitrogen and oxygen atoms in total. The van der Waals surface area contributed by atoms with Gasteiger partial charge in [-0.15, -0.1) is 13.2 Å². The van der Waals surface area contributed by atoms with Gasteiger partial charge in [-0.3, -0.25) is 0 Å². The van der Waals surface area contributed by atoms with Crippen LogP contribution in [0.25, 0.3) is 5.57 Å². The van der Waals surface area contributed by atoms with Gasteiger partial charge < -0.3 is 4.74 Å². The Labute approximate surface area is 148 Å². The van der Waals surface area contributed by atoms with Crippen molar-refractivity contribution >= 4 is 5.57 Å². The predicted octanol–water partition coefficient (Wildman–Crippen LogP) is 6.00. The molecule has 26 heavy (non-hydrogen) atoms. The van der Waals surface area contributed by atoms with Crippen molar-refractivity contribution < 1.29 is 26.7 Å². The van der Waals surface area contributed by atoms with Gasteiger partial charge in [0.05, 0.1) is 0 Å². The third kappa shape index (κ3) is 4.06. The maximum Gasteiger partial charge on any atom is 0.573 e. The first-order valence-corrected chi connectivity index (χ1v) is 8.31. The van der Waals surface area contributed by atoms with Crippen molar-refractivity contribution in [3.05, 3.63) is 70.3 Å². The van der Waals surface area contributed by atoms with Gasteiger partial charge in [0, 0.05) is 5.56 Å². The van der Waals surface area contributed by atoms with Crippen LogP contribution in [0, 0.1) is 11.6 Å². The number of halogens is 5. The first-order valence-electron chi connectivity index (χ1n) is 8.31. The average Bonchev–Trinajstić information content (AvgIpc) is 2.53. The number of hydrogen-bond donors (Lipinski definition) is 0. The average molecular weight is 368 g/mol. The molecular formula is C20H17F5O. The van der Waals surface area contributed by atoms with Crippen LogP contribution >= 0.6 is 0 Å². The van der Waals surface area contributed by atoms with E-state index in [0.717, 1.165) is 12.0 Å². The zero-order chi connectivity index (χ0) is 18.9. The van der Waals surface area contributed by atoms with Crippen LogP contribution in [0.3, 0.4) is 0 Å². The molecule has 0 atom stereocenters. The van der Waals surface area contributed by atoms with Gasteiger partial charge in [0.2, 0.25) is 0 Å². The van der Waals surface area contributed by atoms with E-state index in [-0.39, 0.29) is 24.2 Å². The monoisotopic (exact) mass is 368 g/mol. The van der Waals surface area contributed by atoms with Crippen molar-refractivity contribution in [3.63, 3.8) is 0 Å². The lowest BCUT2D eigenvalue weighted by molar-refractivity contribution is -0.274. The topological polar surface area (TPSA) is 9.23 Å². The molecular weight excluding hydrogens is 351 g/mol. The number of alkyl halides is 3. The summed E-state index contributed by atoms with van der Waals surface area (Å²) in [6.07, 6.45) is -1.18. The van der Waals surface area contributed by atoms with E-state index in [9.17, 15) is 22.0 Å². The fraction of sp³-hybridized carbons (Fsp3) is 0.300. The second kappa shape index (κ2) is 7.09. The molecule has 0 saturated carbocycles. The molecule has 0 N–H and O–H groups in total. The summed E-state index contributed by atoms with van der Waals surface area (Å²) in [7, 11) is 0. The number of rotatable bonds is 4. The summed E-state index contributed by atoms with van der Waals surface area (Å²) in [6.45, 7) is 1.93. The first-order chi connectivity index (χ1) is 12.3. The Balaban J connectivity index is 1.87. The second-order valence-electron chi connectivity index (χ2n) is 6.27. The summed E-state index contributed by atoms with van der Waals surface area (Å²) in [5, 5.41) is 0. The van der Waals surface area contributed by atoms with E-state index < -0.39 is 18.0 Å². The maximum atomic E-state index is 14.4. The van der Waals surface area contributed by atoms with Crippen molar-refractivity contribution in [2.75, 3.05) is 0 Å². The molecule has 138 valence electrons. The van der Waals surface area contributed by atoms with Crippen LogP contribution < -0.4 is 4.74 Å². The Morgan fingerprint density at radius 2 is 1.69 bits per heavy atom. The fourth-order valence-electron chi connectivity index (χ4n) is 3.23. The molecule has 1 aliphatic carbocycles. The lowest BCUT2D eigenvalue weighted by Gasteiger charge is -2.20. The fourth-order valence-corrected chi connectivity index (χ4v) is 3.23. The highest BCUT2D eigenvalue weighted by Crippen LogP contribution is 2.34. The number of hydrogen-bond acceptors (Lipinski definition) is 1. The van der Waals surface area contributed by atoms with Gasteiger partial charge >= 0.3 is 6.36 Å². The molecule has 0 spiro atoms.